The minimum atomic E-state index is -0.558. The predicted octanol–water partition coefficient (Wildman–Crippen LogP) is 2.49. The molecule has 0 saturated heterocycles. The molecule has 0 aliphatic carbocycles. The predicted molar refractivity (Wildman–Crippen MR) is 83.8 cm³/mol. The second-order valence-corrected chi connectivity index (χ2v) is 4.54. The van der Waals surface area contributed by atoms with E-state index in [0.717, 1.165) is 0 Å². The Morgan fingerprint density at radius 3 is 2.57 bits per heavy atom. The third-order valence-electron chi connectivity index (χ3n) is 2.83. The summed E-state index contributed by atoms with van der Waals surface area (Å²) >= 11 is 0. The van der Waals surface area contributed by atoms with Crippen LogP contribution in [0.15, 0.2) is 65.4 Å². The van der Waals surface area contributed by atoms with Crippen LogP contribution in [0.2, 0.25) is 0 Å². The molecule has 23 heavy (non-hydrogen) atoms. The molecule has 2 rings (SSSR count). The zero-order chi connectivity index (χ0) is 16.7. The molecular weight excluding hydrogens is 299 g/mol. The van der Waals surface area contributed by atoms with Crippen molar-refractivity contribution in [3.05, 3.63) is 78.2 Å². The lowest BCUT2D eigenvalue weighted by molar-refractivity contribution is -0.117. The highest BCUT2D eigenvalue weighted by molar-refractivity contribution is 6.04. The third kappa shape index (κ3) is 4.67. The van der Waals surface area contributed by atoms with Crippen LogP contribution in [0.25, 0.3) is 6.08 Å². The topological polar surface area (TPSA) is 71.3 Å². The molecule has 0 atom stereocenters. The molecule has 0 fully saturated rings. The van der Waals surface area contributed by atoms with Crippen molar-refractivity contribution in [3.8, 4) is 0 Å². The maximum atomic E-state index is 13.0. The standard InChI is InChI=1S/C17H15FN2O3/c1-2-9-19-16(21)14(11-12-5-7-13(18)8-6-12)20-17(22)15-4-3-10-23-15/h2-8,10-11H,1,9H2,(H,19,21)(H,20,22). The average molecular weight is 314 g/mol. The van der Waals surface area contributed by atoms with Gasteiger partial charge in [0.1, 0.15) is 11.5 Å². The Hall–Kier alpha value is -3.15. The van der Waals surface area contributed by atoms with Crippen LogP contribution in [-0.4, -0.2) is 18.4 Å². The Morgan fingerprint density at radius 2 is 1.96 bits per heavy atom. The summed E-state index contributed by atoms with van der Waals surface area (Å²) < 4.78 is 17.9. The fourth-order valence-corrected chi connectivity index (χ4v) is 1.74. The van der Waals surface area contributed by atoms with E-state index in [1.807, 2.05) is 0 Å². The number of carbonyl (C=O) groups excluding carboxylic acids is 2. The quantitative estimate of drug-likeness (QED) is 0.635. The van der Waals surface area contributed by atoms with E-state index in [9.17, 15) is 14.0 Å². The van der Waals surface area contributed by atoms with Crippen molar-refractivity contribution in [2.24, 2.45) is 0 Å². The summed E-state index contributed by atoms with van der Waals surface area (Å²) in [7, 11) is 0. The molecule has 0 spiro atoms. The molecule has 2 N–H and O–H groups in total. The Kier molecular flexibility index (Phi) is 5.46. The number of halogens is 1. The van der Waals surface area contributed by atoms with E-state index >= 15 is 0 Å². The maximum absolute atomic E-state index is 13.0. The van der Waals surface area contributed by atoms with Crippen molar-refractivity contribution in [1.82, 2.24) is 10.6 Å². The van der Waals surface area contributed by atoms with Gasteiger partial charge in [0.15, 0.2) is 5.76 Å². The van der Waals surface area contributed by atoms with Gasteiger partial charge in [0.05, 0.1) is 6.26 Å². The first-order valence-electron chi connectivity index (χ1n) is 6.81. The SMILES string of the molecule is C=CCNC(=O)C(=Cc1ccc(F)cc1)NC(=O)c1ccco1. The highest BCUT2D eigenvalue weighted by Crippen LogP contribution is 2.09. The van der Waals surface area contributed by atoms with E-state index in [1.165, 1.54) is 48.7 Å². The molecule has 1 aromatic heterocycles. The van der Waals surface area contributed by atoms with Crippen LogP contribution >= 0.6 is 0 Å². The summed E-state index contributed by atoms with van der Waals surface area (Å²) in [6.07, 6.45) is 4.32. The van der Waals surface area contributed by atoms with Gasteiger partial charge in [-0.15, -0.1) is 6.58 Å². The van der Waals surface area contributed by atoms with E-state index < -0.39 is 11.8 Å². The van der Waals surface area contributed by atoms with Crippen LogP contribution in [-0.2, 0) is 4.79 Å². The monoisotopic (exact) mass is 314 g/mol. The number of rotatable bonds is 6. The van der Waals surface area contributed by atoms with Gasteiger partial charge in [-0.1, -0.05) is 18.2 Å². The number of carbonyl (C=O) groups is 2. The first kappa shape index (κ1) is 16.2. The molecule has 0 saturated carbocycles. The number of hydrogen-bond donors (Lipinski definition) is 2. The molecule has 0 unspecified atom stereocenters. The average Bonchev–Trinajstić information content (AvgIpc) is 3.08. The molecule has 118 valence electrons. The highest BCUT2D eigenvalue weighted by atomic mass is 19.1. The summed E-state index contributed by atoms with van der Waals surface area (Å²) in [6.45, 7) is 3.76. The molecule has 0 radical (unpaired) electrons. The van der Waals surface area contributed by atoms with Crippen molar-refractivity contribution in [2.75, 3.05) is 6.54 Å². The number of hydrogen-bond acceptors (Lipinski definition) is 3. The number of amides is 2. The Bertz CT molecular complexity index is 719. The molecule has 0 aliphatic heterocycles. The van der Waals surface area contributed by atoms with Crippen molar-refractivity contribution < 1.29 is 18.4 Å². The lowest BCUT2D eigenvalue weighted by atomic mass is 10.2. The molecule has 0 aliphatic rings. The minimum absolute atomic E-state index is 0.0138. The van der Waals surface area contributed by atoms with E-state index in [-0.39, 0.29) is 23.8 Å². The summed E-state index contributed by atoms with van der Waals surface area (Å²) in [5.74, 6) is -1.36. The van der Waals surface area contributed by atoms with Gasteiger partial charge in [-0.05, 0) is 35.9 Å². The van der Waals surface area contributed by atoms with E-state index in [0.29, 0.717) is 5.56 Å². The van der Waals surface area contributed by atoms with Crippen molar-refractivity contribution in [2.45, 2.75) is 0 Å². The lowest BCUT2D eigenvalue weighted by Crippen LogP contribution is -2.34. The van der Waals surface area contributed by atoms with Gasteiger partial charge in [0.2, 0.25) is 0 Å². The van der Waals surface area contributed by atoms with Gasteiger partial charge in [-0.3, -0.25) is 9.59 Å². The lowest BCUT2D eigenvalue weighted by Gasteiger charge is -2.09. The summed E-state index contributed by atoms with van der Waals surface area (Å²) in [4.78, 5) is 24.2. The van der Waals surface area contributed by atoms with Gasteiger partial charge in [0.25, 0.3) is 11.8 Å². The molecule has 1 heterocycles. The van der Waals surface area contributed by atoms with Crippen LogP contribution < -0.4 is 10.6 Å². The minimum Gasteiger partial charge on any atom is -0.459 e. The van der Waals surface area contributed by atoms with E-state index in [1.54, 1.807) is 6.07 Å². The molecule has 1 aromatic carbocycles. The first-order valence-corrected chi connectivity index (χ1v) is 6.81. The first-order chi connectivity index (χ1) is 11.1. The molecule has 5 nitrogen and oxygen atoms in total. The Morgan fingerprint density at radius 1 is 1.22 bits per heavy atom. The van der Waals surface area contributed by atoms with Gasteiger partial charge in [0, 0.05) is 6.54 Å². The van der Waals surface area contributed by atoms with Crippen LogP contribution in [0.3, 0.4) is 0 Å². The van der Waals surface area contributed by atoms with E-state index in [4.69, 9.17) is 4.42 Å². The van der Waals surface area contributed by atoms with Crippen molar-refractivity contribution >= 4 is 17.9 Å². The van der Waals surface area contributed by atoms with Crippen molar-refractivity contribution in [1.29, 1.82) is 0 Å². The molecule has 2 aromatic rings. The Balaban J connectivity index is 2.23. The zero-order valence-electron chi connectivity index (χ0n) is 12.2. The summed E-state index contributed by atoms with van der Waals surface area (Å²) in [5, 5.41) is 5.05. The molecule has 2 amide bonds. The van der Waals surface area contributed by atoms with Gasteiger partial charge >= 0.3 is 0 Å². The van der Waals surface area contributed by atoms with Crippen LogP contribution in [0.5, 0.6) is 0 Å². The number of benzene rings is 1. The van der Waals surface area contributed by atoms with Gasteiger partial charge in [-0.2, -0.15) is 0 Å². The molecule has 0 bridgehead atoms. The van der Waals surface area contributed by atoms with Crippen molar-refractivity contribution in [3.63, 3.8) is 0 Å². The molecular formula is C17H15FN2O3. The van der Waals surface area contributed by atoms with E-state index in [2.05, 4.69) is 17.2 Å². The summed E-state index contributed by atoms with van der Waals surface area (Å²) in [5.41, 5.74) is 0.578. The fourth-order valence-electron chi connectivity index (χ4n) is 1.74. The van der Waals surface area contributed by atoms with Gasteiger partial charge < -0.3 is 15.1 Å². The fraction of sp³-hybridized carbons (Fsp3) is 0.0588. The zero-order valence-corrected chi connectivity index (χ0v) is 12.2. The molecule has 6 heteroatoms. The number of furan rings is 1. The largest absolute Gasteiger partial charge is 0.459 e. The second kappa shape index (κ2) is 7.74. The van der Waals surface area contributed by atoms with Crippen LogP contribution in [0, 0.1) is 5.82 Å². The maximum Gasteiger partial charge on any atom is 0.291 e. The smallest absolute Gasteiger partial charge is 0.291 e. The van der Waals surface area contributed by atoms with Crippen LogP contribution in [0.1, 0.15) is 16.1 Å². The highest BCUT2D eigenvalue weighted by Gasteiger charge is 2.15. The van der Waals surface area contributed by atoms with Crippen LogP contribution in [0.4, 0.5) is 4.39 Å². The third-order valence-corrected chi connectivity index (χ3v) is 2.83. The normalized spacial score (nSPS) is 10.9. The Labute approximate surface area is 132 Å². The summed E-state index contributed by atoms with van der Waals surface area (Å²) in [6, 6.07) is 8.56. The van der Waals surface area contributed by atoms with Gasteiger partial charge in [-0.25, -0.2) is 4.39 Å². The second-order valence-electron chi connectivity index (χ2n) is 4.54. The number of nitrogens with one attached hydrogen (secondary N) is 2.